The van der Waals surface area contributed by atoms with E-state index >= 15 is 0 Å². The van der Waals surface area contributed by atoms with E-state index < -0.39 is 5.97 Å². The van der Waals surface area contributed by atoms with Crippen LogP contribution in [0.1, 0.15) is 27.4 Å². The molecule has 4 rings (SSSR count). The quantitative estimate of drug-likeness (QED) is 0.457. The summed E-state index contributed by atoms with van der Waals surface area (Å²) in [5, 5.41) is 9.63. The maximum absolute atomic E-state index is 12.3. The standard InChI is InChI=1S/C23H15BrN2O3/c24-16-8-6-14(7-9-16)21-18-11-10-17(12-20(18)29-22(26)19(21)13-25)28-23(27)15-4-2-1-3-5-15/h1-12,21H,26H2. The molecule has 1 heterocycles. The third-order valence-corrected chi connectivity index (χ3v) is 5.14. The number of benzene rings is 3. The van der Waals surface area contributed by atoms with Gasteiger partial charge in [0.2, 0.25) is 5.88 Å². The summed E-state index contributed by atoms with van der Waals surface area (Å²) in [5.41, 5.74) is 8.50. The largest absolute Gasteiger partial charge is 0.440 e. The van der Waals surface area contributed by atoms with Crippen LogP contribution in [0.4, 0.5) is 0 Å². The van der Waals surface area contributed by atoms with Gasteiger partial charge in [0.05, 0.1) is 11.5 Å². The molecule has 1 unspecified atom stereocenters. The van der Waals surface area contributed by atoms with Crippen LogP contribution in [0.5, 0.6) is 11.5 Å². The van der Waals surface area contributed by atoms with Crippen LogP contribution in [-0.2, 0) is 0 Å². The lowest BCUT2D eigenvalue weighted by Gasteiger charge is -2.26. The zero-order valence-corrected chi connectivity index (χ0v) is 16.7. The number of nitriles is 1. The molecule has 3 aromatic carbocycles. The minimum atomic E-state index is -0.466. The van der Waals surface area contributed by atoms with Crippen molar-refractivity contribution in [1.82, 2.24) is 0 Å². The molecule has 29 heavy (non-hydrogen) atoms. The summed E-state index contributed by atoms with van der Waals surface area (Å²) in [7, 11) is 0. The molecule has 0 amide bonds. The van der Waals surface area contributed by atoms with Gasteiger partial charge in [-0.3, -0.25) is 0 Å². The number of ether oxygens (including phenoxy) is 2. The van der Waals surface area contributed by atoms with Gasteiger partial charge in [-0.2, -0.15) is 5.26 Å². The van der Waals surface area contributed by atoms with Gasteiger partial charge in [0.15, 0.2) is 0 Å². The molecule has 0 bridgehead atoms. The highest BCUT2D eigenvalue weighted by Crippen LogP contribution is 2.43. The molecule has 3 aromatic rings. The maximum atomic E-state index is 12.3. The summed E-state index contributed by atoms with van der Waals surface area (Å²) in [6.07, 6.45) is 0. The van der Waals surface area contributed by atoms with Gasteiger partial charge in [0.25, 0.3) is 0 Å². The van der Waals surface area contributed by atoms with E-state index in [4.69, 9.17) is 15.2 Å². The van der Waals surface area contributed by atoms with Crippen molar-refractivity contribution in [3.8, 4) is 17.6 Å². The van der Waals surface area contributed by atoms with Crippen molar-refractivity contribution < 1.29 is 14.3 Å². The zero-order chi connectivity index (χ0) is 20.4. The second-order valence-corrected chi connectivity index (χ2v) is 7.35. The minimum Gasteiger partial charge on any atom is -0.440 e. The third-order valence-electron chi connectivity index (χ3n) is 4.61. The van der Waals surface area contributed by atoms with E-state index in [2.05, 4.69) is 22.0 Å². The lowest BCUT2D eigenvalue weighted by atomic mass is 9.83. The SMILES string of the molecule is N#CC1=C(N)Oc2cc(OC(=O)c3ccccc3)ccc2C1c1ccc(Br)cc1. The first kappa shape index (κ1) is 18.8. The topological polar surface area (TPSA) is 85.3 Å². The number of halogens is 1. The van der Waals surface area contributed by atoms with Crippen LogP contribution in [0.15, 0.2) is 88.7 Å². The lowest BCUT2D eigenvalue weighted by Crippen LogP contribution is -2.21. The van der Waals surface area contributed by atoms with Gasteiger partial charge in [-0.1, -0.05) is 52.3 Å². The Morgan fingerprint density at radius 1 is 1.07 bits per heavy atom. The Balaban J connectivity index is 1.70. The molecule has 0 saturated carbocycles. The molecular weight excluding hydrogens is 432 g/mol. The van der Waals surface area contributed by atoms with E-state index in [1.54, 1.807) is 42.5 Å². The Hall–Kier alpha value is -3.56. The summed E-state index contributed by atoms with van der Waals surface area (Å²) >= 11 is 3.42. The second kappa shape index (κ2) is 7.82. The monoisotopic (exact) mass is 446 g/mol. The average Bonchev–Trinajstić information content (AvgIpc) is 2.74. The van der Waals surface area contributed by atoms with Gasteiger partial charge in [0.1, 0.15) is 23.1 Å². The Labute approximate surface area is 176 Å². The van der Waals surface area contributed by atoms with E-state index in [0.717, 1.165) is 15.6 Å². The molecule has 6 heteroatoms. The highest BCUT2D eigenvalue weighted by atomic mass is 79.9. The normalized spacial score (nSPS) is 15.1. The lowest BCUT2D eigenvalue weighted by molar-refractivity contribution is 0.0734. The highest BCUT2D eigenvalue weighted by molar-refractivity contribution is 9.10. The van der Waals surface area contributed by atoms with Gasteiger partial charge in [-0.05, 0) is 35.9 Å². The Kier molecular flexibility index (Phi) is 5.07. The molecule has 1 aliphatic rings. The predicted molar refractivity (Wildman–Crippen MR) is 111 cm³/mol. The fraction of sp³-hybridized carbons (Fsp3) is 0.0435. The number of hydrogen-bond donors (Lipinski definition) is 1. The molecule has 0 fully saturated rings. The van der Waals surface area contributed by atoms with Crippen LogP contribution in [0.3, 0.4) is 0 Å². The Bertz CT molecular complexity index is 1150. The van der Waals surface area contributed by atoms with Crippen LogP contribution in [0, 0.1) is 11.3 Å². The molecule has 2 N–H and O–H groups in total. The predicted octanol–water partition coefficient (Wildman–Crippen LogP) is 4.89. The minimum absolute atomic E-state index is 0.0412. The number of rotatable bonds is 3. The van der Waals surface area contributed by atoms with E-state index in [1.807, 2.05) is 30.3 Å². The first-order valence-electron chi connectivity index (χ1n) is 8.81. The number of fused-ring (bicyclic) bond motifs is 1. The fourth-order valence-electron chi connectivity index (χ4n) is 3.24. The number of esters is 1. The molecule has 0 aliphatic carbocycles. The highest BCUT2D eigenvalue weighted by Gasteiger charge is 2.31. The van der Waals surface area contributed by atoms with Crippen molar-refractivity contribution >= 4 is 21.9 Å². The van der Waals surface area contributed by atoms with Gasteiger partial charge < -0.3 is 15.2 Å². The van der Waals surface area contributed by atoms with Crippen molar-refractivity contribution in [3.63, 3.8) is 0 Å². The molecule has 1 atom stereocenters. The van der Waals surface area contributed by atoms with Crippen LogP contribution in [0.2, 0.25) is 0 Å². The van der Waals surface area contributed by atoms with Gasteiger partial charge in [-0.25, -0.2) is 4.79 Å². The zero-order valence-electron chi connectivity index (χ0n) is 15.1. The summed E-state index contributed by atoms with van der Waals surface area (Å²) in [6.45, 7) is 0. The molecule has 0 saturated heterocycles. The van der Waals surface area contributed by atoms with Gasteiger partial charge >= 0.3 is 5.97 Å². The van der Waals surface area contributed by atoms with Crippen molar-refractivity contribution in [1.29, 1.82) is 5.26 Å². The first-order chi connectivity index (χ1) is 14.1. The molecule has 0 aromatic heterocycles. The van der Waals surface area contributed by atoms with Crippen LogP contribution in [-0.4, -0.2) is 5.97 Å². The maximum Gasteiger partial charge on any atom is 0.343 e. The average molecular weight is 447 g/mol. The molecule has 0 spiro atoms. The molecule has 142 valence electrons. The summed E-state index contributed by atoms with van der Waals surface area (Å²) in [4.78, 5) is 12.3. The number of allylic oxidation sites excluding steroid dienone is 1. The van der Waals surface area contributed by atoms with Gasteiger partial charge in [-0.15, -0.1) is 0 Å². The summed E-state index contributed by atoms with van der Waals surface area (Å²) < 4.78 is 12.1. The summed E-state index contributed by atoms with van der Waals surface area (Å²) in [5.74, 6) is -0.00428. The van der Waals surface area contributed by atoms with Crippen molar-refractivity contribution in [2.45, 2.75) is 5.92 Å². The fourth-order valence-corrected chi connectivity index (χ4v) is 3.50. The second-order valence-electron chi connectivity index (χ2n) is 6.43. The van der Waals surface area contributed by atoms with E-state index in [0.29, 0.717) is 22.6 Å². The van der Waals surface area contributed by atoms with E-state index in [9.17, 15) is 10.1 Å². The first-order valence-corrected chi connectivity index (χ1v) is 9.60. The smallest absolute Gasteiger partial charge is 0.343 e. The Morgan fingerprint density at radius 3 is 2.48 bits per heavy atom. The van der Waals surface area contributed by atoms with Crippen LogP contribution in [0.25, 0.3) is 0 Å². The molecular formula is C23H15BrN2O3. The van der Waals surface area contributed by atoms with Crippen molar-refractivity contribution in [3.05, 3.63) is 105 Å². The van der Waals surface area contributed by atoms with Crippen LogP contribution < -0.4 is 15.2 Å². The number of carbonyl (C=O) groups excluding carboxylic acids is 1. The summed E-state index contributed by atoms with van der Waals surface area (Å²) in [6, 6.07) is 23.6. The molecule has 5 nitrogen and oxygen atoms in total. The number of nitrogens with zero attached hydrogens (tertiary/aromatic N) is 1. The van der Waals surface area contributed by atoms with Crippen LogP contribution >= 0.6 is 15.9 Å². The number of carbonyl (C=O) groups is 1. The number of nitrogens with two attached hydrogens (primary N) is 1. The Morgan fingerprint density at radius 2 is 1.79 bits per heavy atom. The van der Waals surface area contributed by atoms with Gasteiger partial charge in [0, 0.05) is 16.1 Å². The van der Waals surface area contributed by atoms with Crippen molar-refractivity contribution in [2.24, 2.45) is 5.73 Å². The molecule has 1 aliphatic heterocycles. The van der Waals surface area contributed by atoms with Crippen molar-refractivity contribution in [2.75, 3.05) is 0 Å². The van der Waals surface area contributed by atoms with E-state index in [-0.39, 0.29) is 11.8 Å². The van der Waals surface area contributed by atoms with E-state index in [1.165, 1.54) is 0 Å². The molecule has 0 radical (unpaired) electrons. The third kappa shape index (κ3) is 3.73. The number of hydrogen-bond acceptors (Lipinski definition) is 5.